The van der Waals surface area contributed by atoms with Crippen LogP contribution in [0.2, 0.25) is 0 Å². The fraction of sp³-hybridized carbons (Fsp3) is 0.397. The Morgan fingerprint density at radius 2 is 0.486 bits per heavy atom. The Labute approximate surface area is 862 Å². The first-order valence-corrected chi connectivity index (χ1v) is 53.1. The molecule has 146 heavy (non-hydrogen) atoms. The van der Waals surface area contributed by atoms with Crippen LogP contribution >= 0.6 is 0 Å². The first-order valence-electron chi connectivity index (χ1n) is 53.1. The summed E-state index contributed by atoms with van der Waals surface area (Å²) >= 11 is 0. The number of carbonyl (C=O) groups excluding carboxylic acids is 6. The van der Waals surface area contributed by atoms with Gasteiger partial charge in [0.2, 0.25) is 0 Å². The van der Waals surface area contributed by atoms with Gasteiger partial charge in [-0.25, -0.2) is 0 Å². The van der Waals surface area contributed by atoms with E-state index in [0.29, 0.717) is 132 Å². The summed E-state index contributed by atoms with van der Waals surface area (Å²) in [6.45, 7) is 10.0. The molecule has 2 aliphatic carbocycles. The molecule has 0 spiro atoms. The van der Waals surface area contributed by atoms with Crippen molar-refractivity contribution in [2.45, 2.75) is 257 Å². The van der Waals surface area contributed by atoms with Gasteiger partial charge in [-0.2, -0.15) is 0 Å². The van der Waals surface area contributed by atoms with Crippen molar-refractivity contribution in [2.24, 2.45) is 10.8 Å². The largest absolute Gasteiger partial charge is 0.508 e. The van der Waals surface area contributed by atoms with Gasteiger partial charge in [-0.05, 0) is 217 Å². The Morgan fingerprint density at radius 3 is 0.760 bits per heavy atom. The van der Waals surface area contributed by atoms with E-state index >= 15 is 28.8 Å². The number of phenols is 4. The maximum Gasteiger partial charge on any atom is 0.324 e. The van der Waals surface area contributed by atoms with Crippen LogP contribution in [-0.2, 0) is 74.9 Å². The van der Waals surface area contributed by atoms with E-state index in [0.717, 1.165) is 165 Å². The van der Waals surface area contributed by atoms with E-state index in [2.05, 4.69) is 62.0 Å². The lowest BCUT2D eigenvalue weighted by molar-refractivity contribution is -0.173. The summed E-state index contributed by atoms with van der Waals surface area (Å²) < 4.78 is 51.8. The summed E-state index contributed by atoms with van der Waals surface area (Å²) in [4.78, 5) is 102. The van der Waals surface area contributed by atoms with Gasteiger partial charge in [-0.3, -0.25) is 28.8 Å². The van der Waals surface area contributed by atoms with E-state index in [-0.39, 0.29) is 82.8 Å². The zero-order valence-corrected chi connectivity index (χ0v) is 85.5. The number of amides is 2. The minimum atomic E-state index is -2.22. The minimum absolute atomic E-state index is 0.0284. The molecule has 0 unspecified atom stereocenters. The number of aromatic hydroxyl groups is 4. The molecule has 0 bridgehead atoms. The lowest BCUT2D eigenvalue weighted by Gasteiger charge is -2.38. The second kappa shape index (κ2) is 56.3. The topological polar surface area (TPSA) is 281 Å². The smallest absolute Gasteiger partial charge is 0.324 e. The monoisotopic (exact) mass is 1970 g/mol. The fourth-order valence-electron chi connectivity index (χ4n) is 19.8. The molecular weight excluding hydrogens is 1830 g/mol. The molecule has 2 aliphatic rings. The van der Waals surface area contributed by atoms with Crippen molar-refractivity contribution in [3.63, 3.8) is 0 Å². The number of unbranched alkanes of at least 4 members (excludes halogenated alkanes) is 24. The van der Waals surface area contributed by atoms with Crippen LogP contribution < -0.4 is 29.6 Å². The number of hydrogen-bond acceptors (Lipinski definition) is 18. The highest BCUT2D eigenvalue weighted by Gasteiger charge is 2.61. The molecule has 13 rings (SSSR count). The maximum atomic E-state index is 18.1. The molecule has 20 nitrogen and oxygen atoms in total. The lowest BCUT2D eigenvalue weighted by Crippen LogP contribution is -2.49. The summed E-state index contributed by atoms with van der Waals surface area (Å²) in [6.07, 6.45) is 23.3. The normalized spacial score (nSPS) is 12.6. The van der Waals surface area contributed by atoms with Crippen molar-refractivity contribution in [1.29, 1.82) is 0 Å². The van der Waals surface area contributed by atoms with Gasteiger partial charge in [0, 0.05) is 71.2 Å². The molecule has 0 saturated heterocycles. The second-order valence-electron chi connectivity index (χ2n) is 38.6. The first kappa shape index (κ1) is 109. The SMILES string of the molecule is CCCCCCCCOC(=O)C1(C(=O)OCCCCCCCC)Cc2c(c(C(=O)NC(c3ccccc3)(c3ccccc3)c3cccc(OCCCCCOc4ccc(C#Cc5cc(O)cc(O)c5)cc4)c3)c3c(c2C(=O)NC(c2ccccc2)(c2ccccc2)c2cccc(OCCCCCOc4ccc(C#Cc5cc(O)cc(O)c5)cc4)c2)CC(C(=O)OCCCCCCCC)(C(=O)OCCCCCCCC)C3)C1. The molecule has 0 fully saturated rings. The standard InChI is InChI=1S/C126H144N2O18/c1-5-9-13-17-21-39-77-143-119(135)123(120(136)144-78-40-22-18-14-10-6-2)89-111-112(90-123)116(118(134)128-126(99-53-35-27-36-54-99,100-55-37-28-38-56-100)102-58-48-60-110(86-102)142-76-46-30-44-74-140-108-71-67-94(68-72-108)62-64-96-83-105(131)88-106(132)84-96)114-92-124(121(137)145-79-41-23-19-15-11-7-3,122(138)146-80-42-24-20-16-12-8-4)91-113(114)115(111)117(133)127-125(97-49-31-25-32-50-97,98-51-33-26-34-52-98)101-57-47-59-109(85-101)141-75-45-29-43-73-139-107-69-65-93(66-70-107)61-63-95-81-103(129)87-104(130)82-95/h25-28,31-38,47-60,65-72,81-88,129-132H,5-24,29-30,39-46,73-80,89-92H2,1-4H3,(H,127,133)(H,128,134). The van der Waals surface area contributed by atoms with Gasteiger partial charge >= 0.3 is 23.9 Å². The molecule has 0 heterocycles. The van der Waals surface area contributed by atoms with Gasteiger partial charge in [-0.15, -0.1) is 0 Å². The summed E-state index contributed by atoms with van der Waals surface area (Å²) in [5.74, 6) is 9.24. The average Bonchev–Trinajstić information content (AvgIpc) is 1.53. The summed E-state index contributed by atoms with van der Waals surface area (Å²) in [5, 5.41) is 47.2. The van der Waals surface area contributed by atoms with Gasteiger partial charge in [-0.1, -0.05) is 325 Å². The van der Waals surface area contributed by atoms with Crippen LogP contribution in [0.5, 0.6) is 46.0 Å². The molecule has 2 amide bonds. The average molecular weight is 1970 g/mol. The third-order valence-corrected chi connectivity index (χ3v) is 27.6. The Hall–Kier alpha value is -14.2. The summed E-state index contributed by atoms with van der Waals surface area (Å²) in [6, 6.07) is 76.9. The van der Waals surface area contributed by atoms with Crippen molar-refractivity contribution in [3.05, 3.63) is 344 Å². The highest BCUT2D eigenvalue weighted by molar-refractivity contribution is 6.11. The number of hydrogen-bond donors (Lipinski definition) is 6. The van der Waals surface area contributed by atoms with E-state index < -0.39 is 83.3 Å². The number of ether oxygens (including phenoxy) is 8. The zero-order chi connectivity index (χ0) is 103. The van der Waals surface area contributed by atoms with Crippen LogP contribution in [0.3, 0.4) is 0 Å². The van der Waals surface area contributed by atoms with Crippen molar-refractivity contribution in [1.82, 2.24) is 10.6 Å². The van der Waals surface area contributed by atoms with Crippen LogP contribution in [0.15, 0.2) is 255 Å². The second-order valence-corrected chi connectivity index (χ2v) is 38.6. The number of carbonyl (C=O) groups is 6. The number of benzene rings is 11. The number of nitrogens with one attached hydrogen (secondary N) is 2. The van der Waals surface area contributed by atoms with E-state index in [1.54, 1.807) is 0 Å². The zero-order valence-electron chi connectivity index (χ0n) is 85.5. The van der Waals surface area contributed by atoms with E-state index in [1.165, 1.54) is 36.4 Å². The van der Waals surface area contributed by atoms with Crippen molar-refractivity contribution >= 4 is 35.7 Å². The molecule has 20 heteroatoms. The number of fused-ring (bicyclic) bond motifs is 2. The highest BCUT2D eigenvalue weighted by atomic mass is 16.6. The lowest BCUT2D eigenvalue weighted by atomic mass is 9.76. The Morgan fingerprint density at radius 1 is 0.253 bits per heavy atom. The van der Waals surface area contributed by atoms with Gasteiger partial charge in [0.1, 0.15) is 57.1 Å². The molecule has 0 aromatic heterocycles. The van der Waals surface area contributed by atoms with Gasteiger partial charge in [0.05, 0.1) is 52.9 Å². The molecule has 11 aromatic carbocycles. The van der Waals surface area contributed by atoms with E-state index in [1.807, 2.05) is 218 Å². The van der Waals surface area contributed by atoms with Crippen molar-refractivity contribution in [2.75, 3.05) is 52.9 Å². The van der Waals surface area contributed by atoms with Crippen LogP contribution in [0, 0.1) is 34.5 Å². The van der Waals surface area contributed by atoms with Crippen LogP contribution in [0.4, 0.5) is 0 Å². The summed E-state index contributed by atoms with van der Waals surface area (Å²) in [5.41, 5.74) is -1.09. The Bertz CT molecular complexity index is 5580. The Balaban J connectivity index is 0.917. The summed E-state index contributed by atoms with van der Waals surface area (Å²) in [7, 11) is 0. The molecule has 11 aromatic rings. The van der Waals surface area contributed by atoms with Gasteiger partial charge < -0.3 is 69.0 Å². The van der Waals surface area contributed by atoms with E-state index in [4.69, 9.17) is 37.9 Å². The molecule has 0 radical (unpaired) electrons. The van der Waals surface area contributed by atoms with Crippen LogP contribution in [0.1, 0.15) is 319 Å². The molecule has 6 N–H and O–H groups in total. The fourth-order valence-corrected chi connectivity index (χ4v) is 19.8. The maximum absolute atomic E-state index is 18.1. The third kappa shape index (κ3) is 29.6. The Kier molecular flexibility index (Phi) is 42.0. The van der Waals surface area contributed by atoms with Crippen molar-refractivity contribution in [3.8, 4) is 69.7 Å². The third-order valence-electron chi connectivity index (χ3n) is 27.6. The van der Waals surface area contributed by atoms with Crippen LogP contribution in [0.25, 0.3) is 0 Å². The number of phenolic OH excluding ortho intramolecular Hbond substituents is 4. The molecule has 0 aliphatic heterocycles. The van der Waals surface area contributed by atoms with Crippen molar-refractivity contribution < 1.29 is 87.1 Å². The quantitative estimate of drug-likeness (QED) is 0.00516. The molecule has 0 atom stereocenters. The van der Waals surface area contributed by atoms with Gasteiger partial charge in [0.25, 0.3) is 11.8 Å². The van der Waals surface area contributed by atoms with Crippen LogP contribution in [-0.4, -0.2) is 109 Å². The number of esters is 4. The highest BCUT2D eigenvalue weighted by Crippen LogP contribution is 2.53. The predicted molar refractivity (Wildman–Crippen MR) is 571 cm³/mol. The molecule has 0 saturated carbocycles. The molecule has 766 valence electrons. The number of rotatable bonds is 58. The predicted octanol–water partition coefficient (Wildman–Crippen LogP) is 25.8. The van der Waals surface area contributed by atoms with Gasteiger partial charge in [0.15, 0.2) is 10.8 Å². The first-order chi connectivity index (χ1) is 71.3. The minimum Gasteiger partial charge on any atom is -0.508 e. The molecular formula is C126H144N2O18. The van der Waals surface area contributed by atoms with E-state index in [9.17, 15) is 20.4 Å².